The molecule has 4 unspecified atom stereocenters. The molecule has 0 bridgehead atoms. The van der Waals surface area contributed by atoms with Crippen molar-refractivity contribution in [2.75, 3.05) is 38.7 Å². The molecule has 0 spiro atoms. The number of carboxylic acid groups (broad SMARTS) is 1. The molecule has 0 aliphatic carbocycles. The zero-order chi connectivity index (χ0) is 59.1. The molecule has 11 atom stereocenters. The Kier molecular flexibility index (Phi) is 34.0. The van der Waals surface area contributed by atoms with Gasteiger partial charge < -0.3 is 89.7 Å². The fourth-order valence-electron chi connectivity index (χ4n) is 7.91. The summed E-state index contributed by atoms with van der Waals surface area (Å²) in [7, 11) is 0. The molecule has 444 valence electrons. The van der Waals surface area contributed by atoms with E-state index in [1.54, 1.807) is 0 Å². The lowest BCUT2D eigenvalue weighted by atomic mass is 10.0. The number of hydrogen-bond donors (Lipinski definition) is 17. The molecule has 30 heteroatoms. The molecule has 1 fully saturated rings. The highest BCUT2D eigenvalue weighted by atomic mass is 35.5. The summed E-state index contributed by atoms with van der Waals surface area (Å²) in [4.78, 5) is 151. The van der Waals surface area contributed by atoms with E-state index >= 15 is 0 Å². The normalized spacial score (nSPS) is 24.5. The second kappa shape index (κ2) is 37.8. The van der Waals surface area contributed by atoms with E-state index in [-0.39, 0.29) is 37.3 Å². The topological polar surface area (TPSA) is 481 Å². The molecule has 1 heterocycles. The van der Waals surface area contributed by atoms with Gasteiger partial charge in [-0.1, -0.05) is 70.8 Å². The number of carbonyl (C=O) groups excluding carboxylic acids is 10. The summed E-state index contributed by atoms with van der Waals surface area (Å²) in [6.45, 7) is 0.952. The van der Waals surface area contributed by atoms with Crippen molar-refractivity contribution in [2.45, 2.75) is 184 Å². The van der Waals surface area contributed by atoms with Crippen LogP contribution in [0.4, 0.5) is 0 Å². The van der Waals surface area contributed by atoms with Crippen LogP contribution in [0.25, 0.3) is 0 Å². The number of nitrogens with zero attached hydrogens (tertiary/aromatic N) is 1. The van der Waals surface area contributed by atoms with Crippen molar-refractivity contribution in [1.82, 2.24) is 47.4 Å². The Morgan fingerprint density at radius 3 is 1.78 bits per heavy atom. The van der Waals surface area contributed by atoms with Gasteiger partial charge in [-0.3, -0.25) is 52.8 Å². The van der Waals surface area contributed by atoms with Crippen LogP contribution in [0.5, 0.6) is 0 Å². The number of nitrogens with one attached hydrogen (secondary N) is 8. The molecule has 19 N–H and O–H groups in total. The van der Waals surface area contributed by atoms with Crippen molar-refractivity contribution in [3.63, 3.8) is 0 Å². The minimum absolute atomic E-state index is 0.00847. The summed E-state index contributed by atoms with van der Waals surface area (Å²) in [5, 5.41) is 91.0. The maximum Gasteiger partial charge on any atom is 0.335 e. The number of carbonyl (C=O) groups is 11. The number of unbranched alkanes of at least 4 members (excludes halogenated alkanes) is 8. The molecule has 1 aliphatic rings. The first-order chi connectivity index (χ1) is 37.0. The number of nitrogens with two attached hydrogens (primary N) is 2. The molecule has 29 nitrogen and oxygen atoms in total. The molecule has 1 rings (SSSR count). The van der Waals surface area contributed by atoms with E-state index in [2.05, 4.69) is 38.8 Å². The minimum Gasteiger partial charge on any atom is -0.479 e. The number of aliphatic carboxylic acids is 1. The van der Waals surface area contributed by atoms with Gasteiger partial charge in [0.15, 0.2) is 6.10 Å². The van der Waals surface area contributed by atoms with E-state index in [0.29, 0.717) is 12.8 Å². The molecule has 0 radical (unpaired) electrons. The largest absolute Gasteiger partial charge is 0.479 e. The fourth-order valence-corrected chi connectivity index (χ4v) is 8.09. The third-order valence-corrected chi connectivity index (χ3v) is 12.7. The van der Waals surface area contributed by atoms with Crippen LogP contribution in [0, 0.1) is 0 Å². The summed E-state index contributed by atoms with van der Waals surface area (Å²) in [5.74, 6) is -16.6. The number of rotatable bonds is 25. The van der Waals surface area contributed by atoms with Crippen LogP contribution in [-0.2, 0) is 52.7 Å². The van der Waals surface area contributed by atoms with Crippen LogP contribution in [0.3, 0.4) is 0 Å². The van der Waals surface area contributed by atoms with Crippen LogP contribution in [0.2, 0.25) is 0 Å². The van der Waals surface area contributed by atoms with Gasteiger partial charge in [0.25, 0.3) is 11.8 Å². The summed E-state index contributed by atoms with van der Waals surface area (Å²) in [6.07, 6.45) is -1.12. The molecule has 78 heavy (non-hydrogen) atoms. The van der Waals surface area contributed by atoms with E-state index in [1.807, 2.05) is 10.6 Å². The summed E-state index contributed by atoms with van der Waals surface area (Å²) in [6, 6.07) is -14.2. The van der Waals surface area contributed by atoms with Crippen molar-refractivity contribution >= 4 is 76.6 Å². The Morgan fingerprint density at radius 1 is 0.679 bits per heavy atom. The number of halogens is 1. The van der Waals surface area contributed by atoms with Gasteiger partial charge in [0.2, 0.25) is 47.3 Å². The molecule has 1 saturated heterocycles. The van der Waals surface area contributed by atoms with Crippen LogP contribution in [0.15, 0.2) is 11.8 Å². The molecule has 1 aliphatic heterocycles. The highest BCUT2D eigenvalue weighted by Gasteiger charge is 2.44. The average Bonchev–Trinajstić information content (AvgIpc) is 3.39. The first kappa shape index (κ1) is 70.1. The zero-order valence-electron chi connectivity index (χ0n) is 44.4. The predicted molar refractivity (Wildman–Crippen MR) is 277 cm³/mol. The van der Waals surface area contributed by atoms with Gasteiger partial charge in [0, 0.05) is 6.61 Å². The first-order valence-electron chi connectivity index (χ1n) is 26.0. The van der Waals surface area contributed by atoms with Crippen LogP contribution in [-0.4, -0.2) is 211 Å². The Balaban J connectivity index is 4.04. The average molecular weight is 1140 g/mol. The third-order valence-electron chi connectivity index (χ3n) is 12.4. The van der Waals surface area contributed by atoms with E-state index < -0.39 is 182 Å². The molecular formula is C48H82ClN11O18. The quantitative estimate of drug-likeness (QED) is 0.0230. The number of amides is 10. The number of imide groups is 1. The third kappa shape index (κ3) is 24.0. The van der Waals surface area contributed by atoms with Gasteiger partial charge in [0.1, 0.15) is 48.0 Å². The van der Waals surface area contributed by atoms with E-state index in [9.17, 15) is 88.5 Å². The highest BCUT2D eigenvalue weighted by molar-refractivity contribution is 6.18. The van der Waals surface area contributed by atoms with Crippen LogP contribution < -0.4 is 54.0 Å². The van der Waals surface area contributed by atoms with Crippen molar-refractivity contribution in [3.05, 3.63) is 11.8 Å². The number of hydrogen-bond acceptors (Lipinski definition) is 19. The lowest BCUT2D eigenvalue weighted by molar-refractivity contribution is -0.158. The van der Waals surface area contributed by atoms with Gasteiger partial charge in [-0.05, 0) is 59.0 Å². The molecule has 0 aromatic rings. The molecule has 0 aromatic carbocycles. The lowest BCUT2D eigenvalue weighted by Gasteiger charge is -2.34. The Labute approximate surface area is 457 Å². The second-order valence-corrected chi connectivity index (χ2v) is 18.9. The molecular weight excluding hydrogens is 1050 g/mol. The van der Waals surface area contributed by atoms with Crippen molar-refractivity contribution < 1.29 is 88.5 Å². The van der Waals surface area contributed by atoms with E-state index in [0.717, 1.165) is 64.9 Å². The SMILES string of the molecule is C/C=C1\NC(=O)[C@H](C(C)O)NC(=O)[C@H](CCCN)NC(=O)[C@@H](CCO)NC(=O)CNC(=O)[C@H](CCN)NC(=O)[C@H](CO)N(C(=O)CC(O)CCCCCCCCCCC)C(=O)[C@H](C(O)CCl)NC(=O)[C@H](C(O)C(=O)O)NC1=O. The highest BCUT2D eigenvalue weighted by Crippen LogP contribution is 2.17. The maximum absolute atomic E-state index is 14.7. The lowest BCUT2D eigenvalue weighted by Crippen LogP contribution is -2.65. The monoisotopic (exact) mass is 1140 g/mol. The Morgan fingerprint density at radius 2 is 1.24 bits per heavy atom. The van der Waals surface area contributed by atoms with E-state index in [1.165, 1.54) is 0 Å². The van der Waals surface area contributed by atoms with Gasteiger partial charge in [-0.2, -0.15) is 0 Å². The number of aliphatic hydroxyl groups is 6. The molecule has 0 saturated carbocycles. The van der Waals surface area contributed by atoms with Crippen molar-refractivity contribution in [1.29, 1.82) is 0 Å². The number of carboxylic acids is 1. The second-order valence-electron chi connectivity index (χ2n) is 18.6. The van der Waals surface area contributed by atoms with Gasteiger partial charge in [-0.15, -0.1) is 11.6 Å². The van der Waals surface area contributed by atoms with Gasteiger partial charge in [0.05, 0.1) is 43.8 Å². The zero-order valence-corrected chi connectivity index (χ0v) is 45.1. The Bertz CT molecular complexity index is 2040. The van der Waals surface area contributed by atoms with E-state index in [4.69, 9.17) is 23.1 Å². The fraction of sp³-hybridized carbons (Fsp3) is 0.729. The summed E-state index contributed by atoms with van der Waals surface area (Å²) >= 11 is 5.94. The van der Waals surface area contributed by atoms with Crippen molar-refractivity contribution in [3.8, 4) is 0 Å². The van der Waals surface area contributed by atoms with Gasteiger partial charge in [-0.25, -0.2) is 4.79 Å². The summed E-state index contributed by atoms with van der Waals surface area (Å²) < 4.78 is 0. The molecule has 0 aromatic heterocycles. The van der Waals surface area contributed by atoms with Crippen molar-refractivity contribution in [2.24, 2.45) is 11.5 Å². The Hall–Kier alpha value is -5.92. The first-order valence-corrected chi connectivity index (χ1v) is 26.6. The molecule has 10 amide bonds. The smallest absolute Gasteiger partial charge is 0.335 e. The minimum atomic E-state index is -2.88. The predicted octanol–water partition coefficient (Wildman–Crippen LogP) is -5.67. The van der Waals surface area contributed by atoms with Gasteiger partial charge >= 0.3 is 5.97 Å². The van der Waals surface area contributed by atoms with Crippen LogP contribution in [0.1, 0.15) is 117 Å². The van der Waals surface area contributed by atoms with Crippen LogP contribution >= 0.6 is 11.6 Å². The maximum atomic E-state index is 14.7. The standard InChI is InChI=1S/C48H82ClN11O18/c1-4-6-7-8-9-10-11-12-13-15-27(64)22-35(67)60-32(25-62)44(73)56-30(17-20-51)40(69)52-24-34(66)53-31(18-21-61)42(71)55-29(16-14-19-50)43(72)57-36(26(3)63)45(74)54-28(5-2)41(70)59-38(39(68)48(77)78)46(75)58-37(47(60)76)33(65)23-49/h5,26-27,29-33,36-39,61-65,68H,4,6-25,50-51H2,1-3H3,(H,52,69)(H,53,66)(H,54,74)(H,55,71)(H,56,73)(H,57,72)(H,58,75)(H,59,70)(H,77,78)/b28-5-/t26?,27?,29-,30-,31+,32-,33?,36-,37-,38-,39?/m0/s1. The number of alkyl halides is 1. The summed E-state index contributed by atoms with van der Waals surface area (Å²) in [5.41, 5.74) is 10.6. The number of allylic oxidation sites excluding steroid dienone is 1. The number of aliphatic hydroxyl groups excluding tert-OH is 6.